The highest BCUT2D eigenvalue weighted by Crippen LogP contribution is 2.43. The van der Waals surface area contributed by atoms with Crippen LogP contribution in [-0.4, -0.2) is 26.5 Å². The van der Waals surface area contributed by atoms with E-state index in [-0.39, 0.29) is 29.0 Å². The highest BCUT2D eigenvalue weighted by molar-refractivity contribution is 7.89. The van der Waals surface area contributed by atoms with Crippen molar-refractivity contribution in [3.05, 3.63) is 89.5 Å². The number of carbonyl (C=O) groups is 1. The van der Waals surface area contributed by atoms with Crippen LogP contribution < -0.4 is 20.4 Å². The zero-order valence-electron chi connectivity index (χ0n) is 23.7. The predicted molar refractivity (Wildman–Crippen MR) is 161 cm³/mol. The maximum atomic E-state index is 12.6. The molecule has 0 bridgehead atoms. The van der Waals surface area contributed by atoms with Gasteiger partial charge >= 0.3 is 0 Å². The third-order valence-electron chi connectivity index (χ3n) is 8.23. The van der Waals surface area contributed by atoms with Crippen molar-refractivity contribution in [1.82, 2.24) is 10.1 Å². The van der Waals surface area contributed by atoms with Crippen molar-refractivity contribution in [2.75, 3.05) is 6.54 Å². The van der Waals surface area contributed by atoms with E-state index in [0.717, 1.165) is 53.5 Å². The number of carbonyl (C=O) groups excluding carboxylic acids is 1. The van der Waals surface area contributed by atoms with Crippen LogP contribution in [0, 0.1) is 6.92 Å². The van der Waals surface area contributed by atoms with Gasteiger partial charge in [-0.1, -0.05) is 54.4 Å². The molecular weight excluding hydrogens is 550 g/mol. The summed E-state index contributed by atoms with van der Waals surface area (Å²) in [5, 5.41) is 5.19. The Hall–Kier alpha value is -3.95. The van der Waals surface area contributed by atoms with Crippen LogP contribution in [0.15, 0.2) is 87.2 Å². The molecular formula is C33H35N3O5S. The van der Waals surface area contributed by atoms with Gasteiger partial charge in [0.2, 0.25) is 21.5 Å². The Morgan fingerprint density at radius 1 is 0.952 bits per heavy atom. The maximum absolute atomic E-state index is 12.6. The van der Waals surface area contributed by atoms with E-state index in [4.69, 9.17) is 9.15 Å². The normalized spacial score (nSPS) is 16.6. The summed E-state index contributed by atoms with van der Waals surface area (Å²) in [7, 11) is -3.71. The first-order chi connectivity index (χ1) is 20.3. The predicted octanol–water partition coefficient (Wildman–Crippen LogP) is 5.74. The van der Waals surface area contributed by atoms with Gasteiger partial charge in [-0.3, -0.25) is 4.79 Å². The van der Waals surface area contributed by atoms with Crippen molar-refractivity contribution < 1.29 is 22.4 Å². The number of aryl methyl sites for hydroxylation is 2. The van der Waals surface area contributed by atoms with Gasteiger partial charge in [-0.15, -0.1) is 5.10 Å². The van der Waals surface area contributed by atoms with Crippen molar-refractivity contribution in [2.45, 2.75) is 68.8 Å². The average Bonchev–Trinajstić information content (AvgIpc) is 2.99. The van der Waals surface area contributed by atoms with Crippen LogP contribution in [0.25, 0.3) is 22.1 Å². The van der Waals surface area contributed by atoms with Gasteiger partial charge in [0.15, 0.2) is 0 Å². The van der Waals surface area contributed by atoms with Crippen molar-refractivity contribution in [3.8, 4) is 16.9 Å². The molecule has 1 aromatic heterocycles. The summed E-state index contributed by atoms with van der Waals surface area (Å²) in [5.41, 5.74) is 7.38. The number of nitrogens with zero attached hydrogens (tertiary/aromatic N) is 1. The van der Waals surface area contributed by atoms with Crippen molar-refractivity contribution in [2.24, 2.45) is 5.10 Å². The number of ether oxygens (including phenoxy) is 1. The fraction of sp³-hybridized carbons (Fsp3) is 0.333. The lowest BCUT2D eigenvalue weighted by atomic mass is 9.79. The van der Waals surface area contributed by atoms with E-state index in [9.17, 15) is 13.2 Å². The summed E-state index contributed by atoms with van der Waals surface area (Å²) < 4.78 is 40.3. The second-order valence-electron chi connectivity index (χ2n) is 11.3. The molecule has 3 aromatic carbocycles. The SMILES string of the molecule is Cc1ccc(S(=O)(=O)NCCC(=O)NN=c2cc(-c3ccccc3)c3cc4c(cc3o2)OC2(CCCCC2)CC4)cc1. The summed E-state index contributed by atoms with van der Waals surface area (Å²) in [6.45, 7) is 1.82. The van der Waals surface area contributed by atoms with Crippen LogP contribution in [0.3, 0.4) is 0 Å². The molecule has 0 unspecified atom stereocenters. The molecule has 2 aliphatic rings. The van der Waals surface area contributed by atoms with Gasteiger partial charge in [0.1, 0.15) is 16.9 Å². The second-order valence-corrected chi connectivity index (χ2v) is 13.0. The minimum atomic E-state index is -3.71. The molecule has 1 aliphatic carbocycles. The molecule has 4 aromatic rings. The number of hydrogen-bond acceptors (Lipinski definition) is 6. The topological polar surface area (TPSA) is 110 Å². The van der Waals surface area contributed by atoms with E-state index in [1.54, 1.807) is 12.1 Å². The molecule has 1 aliphatic heterocycles. The van der Waals surface area contributed by atoms with E-state index in [1.165, 1.54) is 37.0 Å². The molecule has 0 radical (unpaired) electrons. The van der Waals surface area contributed by atoms with Crippen molar-refractivity contribution >= 4 is 26.9 Å². The Labute approximate surface area is 245 Å². The first kappa shape index (κ1) is 28.2. The third-order valence-corrected chi connectivity index (χ3v) is 9.70. The van der Waals surface area contributed by atoms with Crippen LogP contribution in [0.1, 0.15) is 56.1 Å². The van der Waals surface area contributed by atoms with Gasteiger partial charge in [0.05, 0.1) is 4.90 Å². The minimum absolute atomic E-state index is 0.0626. The first-order valence-electron chi connectivity index (χ1n) is 14.5. The number of sulfonamides is 1. The molecule has 2 N–H and O–H groups in total. The quantitative estimate of drug-likeness (QED) is 0.269. The third kappa shape index (κ3) is 6.12. The lowest BCUT2D eigenvalue weighted by molar-refractivity contribution is -0.121. The van der Waals surface area contributed by atoms with Crippen LogP contribution >= 0.6 is 0 Å². The highest BCUT2D eigenvalue weighted by atomic mass is 32.2. The monoisotopic (exact) mass is 585 g/mol. The molecule has 1 spiro atoms. The number of rotatable bonds is 7. The Morgan fingerprint density at radius 2 is 1.71 bits per heavy atom. The van der Waals surface area contributed by atoms with Crippen molar-refractivity contribution in [1.29, 1.82) is 0 Å². The Bertz CT molecular complexity index is 1770. The van der Waals surface area contributed by atoms with Gasteiger partial charge in [-0.25, -0.2) is 18.6 Å². The summed E-state index contributed by atoms with van der Waals surface area (Å²) in [6, 6.07) is 22.5. The molecule has 6 rings (SSSR count). The van der Waals surface area contributed by atoms with E-state index >= 15 is 0 Å². The summed E-state index contributed by atoms with van der Waals surface area (Å²) >= 11 is 0. The van der Waals surface area contributed by atoms with Gasteiger partial charge in [-0.2, -0.15) is 0 Å². The van der Waals surface area contributed by atoms with Gasteiger partial charge in [0, 0.05) is 30.5 Å². The molecule has 1 fully saturated rings. The molecule has 8 nitrogen and oxygen atoms in total. The number of hydrogen-bond donors (Lipinski definition) is 2. The Kier molecular flexibility index (Phi) is 7.88. The lowest BCUT2D eigenvalue weighted by Crippen LogP contribution is -2.41. The van der Waals surface area contributed by atoms with Gasteiger partial charge < -0.3 is 9.15 Å². The van der Waals surface area contributed by atoms with Gasteiger partial charge in [0.25, 0.3) is 0 Å². The zero-order valence-corrected chi connectivity index (χ0v) is 24.5. The standard InChI is InChI=1S/C33H35N3O5S/c1-23-10-12-26(13-11-23)42(38,39)34-19-15-31(37)35-36-32-21-27(24-8-4-2-5-9-24)28-20-25-14-18-33(16-6-3-7-17-33)41-29(25)22-30(28)40-32/h2,4-5,8-13,20-22,34H,3,6-7,14-19H2,1H3,(H,35,37). The molecule has 218 valence electrons. The average molecular weight is 586 g/mol. The largest absolute Gasteiger partial charge is 0.487 e. The van der Waals surface area contributed by atoms with Crippen LogP contribution in [0.2, 0.25) is 0 Å². The van der Waals surface area contributed by atoms with Crippen LogP contribution in [0.4, 0.5) is 0 Å². The van der Waals surface area contributed by atoms with Crippen LogP contribution in [-0.2, 0) is 21.2 Å². The number of nitrogens with one attached hydrogen (secondary N) is 2. The molecule has 42 heavy (non-hydrogen) atoms. The van der Waals surface area contributed by atoms with Crippen LogP contribution in [0.5, 0.6) is 5.75 Å². The lowest BCUT2D eigenvalue weighted by Gasteiger charge is -2.41. The fourth-order valence-electron chi connectivity index (χ4n) is 5.91. The summed E-state index contributed by atoms with van der Waals surface area (Å²) in [5.74, 6) is 0.423. The maximum Gasteiger partial charge on any atom is 0.241 e. The van der Waals surface area contributed by atoms with E-state index in [1.807, 2.05) is 49.4 Å². The van der Waals surface area contributed by atoms with Crippen molar-refractivity contribution in [3.63, 3.8) is 0 Å². The molecule has 2 heterocycles. The molecule has 1 amide bonds. The fourth-order valence-corrected chi connectivity index (χ4v) is 6.95. The molecule has 9 heteroatoms. The Balaban J connectivity index is 1.24. The van der Waals surface area contributed by atoms with E-state index in [0.29, 0.717) is 5.58 Å². The number of benzene rings is 3. The second kappa shape index (κ2) is 11.7. The summed E-state index contributed by atoms with van der Waals surface area (Å²) in [4.78, 5) is 12.7. The number of amides is 1. The Morgan fingerprint density at radius 3 is 2.48 bits per heavy atom. The zero-order chi connectivity index (χ0) is 29.2. The molecule has 0 atom stereocenters. The first-order valence-corrected chi connectivity index (χ1v) is 16.0. The molecule has 0 saturated heterocycles. The molecule has 1 saturated carbocycles. The van der Waals surface area contributed by atoms with E-state index < -0.39 is 15.9 Å². The highest BCUT2D eigenvalue weighted by Gasteiger charge is 2.37. The number of fused-ring (bicyclic) bond motifs is 2. The smallest absolute Gasteiger partial charge is 0.241 e. The van der Waals surface area contributed by atoms with E-state index in [2.05, 4.69) is 21.3 Å². The summed E-state index contributed by atoms with van der Waals surface area (Å²) in [6.07, 6.45) is 7.74. The minimum Gasteiger partial charge on any atom is -0.487 e. The van der Waals surface area contributed by atoms with Gasteiger partial charge in [-0.05, 0) is 80.3 Å².